The van der Waals surface area contributed by atoms with Gasteiger partial charge in [0.25, 0.3) is 5.91 Å². The Morgan fingerprint density at radius 2 is 2.38 bits per heavy atom. The monoisotopic (exact) mass is 223 g/mol. The van der Waals surface area contributed by atoms with Gasteiger partial charge < -0.3 is 15.3 Å². The zero-order valence-electron chi connectivity index (χ0n) is 9.60. The summed E-state index contributed by atoms with van der Waals surface area (Å²) in [5, 5.41) is 11.8. The molecular formula is C11H17N3O2. The maximum absolute atomic E-state index is 12.1. The van der Waals surface area contributed by atoms with Crippen molar-refractivity contribution in [2.24, 2.45) is 0 Å². The molecule has 0 aliphatic carbocycles. The predicted octanol–water partition coefficient (Wildman–Crippen LogP) is 0.578. The molecule has 0 spiro atoms. The molecule has 0 aliphatic heterocycles. The van der Waals surface area contributed by atoms with Crippen molar-refractivity contribution < 1.29 is 9.90 Å². The molecule has 1 heterocycles. The molecule has 0 saturated heterocycles. The van der Waals surface area contributed by atoms with Crippen LogP contribution in [0.3, 0.4) is 0 Å². The fraction of sp³-hybridized carbons (Fsp3) is 0.455. The fourth-order valence-electron chi connectivity index (χ4n) is 1.47. The summed E-state index contributed by atoms with van der Waals surface area (Å²) < 4.78 is 0. The maximum atomic E-state index is 12.1. The van der Waals surface area contributed by atoms with Crippen LogP contribution in [0, 0.1) is 0 Å². The Morgan fingerprint density at radius 3 is 2.94 bits per heavy atom. The van der Waals surface area contributed by atoms with Crippen molar-refractivity contribution in [1.82, 2.24) is 9.88 Å². The first kappa shape index (κ1) is 12.4. The van der Waals surface area contributed by atoms with E-state index in [4.69, 9.17) is 5.11 Å². The molecule has 5 heteroatoms. The van der Waals surface area contributed by atoms with Crippen LogP contribution in [0.15, 0.2) is 18.5 Å². The number of nitrogens with zero attached hydrogens (tertiary/aromatic N) is 2. The molecule has 1 rings (SSSR count). The van der Waals surface area contributed by atoms with Crippen LogP contribution in [0.5, 0.6) is 0 Å². The summed E-state index contributed by atoms with van der Waals surface area (Å²) in [5.74, 6) is -0.0942. The first-order valence-corrected chi connectivity index (χ1v) is 5.26. The molecule has 1 amide bonds. The smallest absolute Gasteiger partial charge is 0.256 e. The highest BCUT2D eigenvalue weighted by Crippen LogP contribution is 2.14. The summed E-state index contributed by atoms with van der Waals surface area (Å²) in [7, 11) is 1.75. The van der Waals surface area contributed by atoms with Gasteiger partial charge in [0.05, 0.1) is 24.1 Å². The highest BCUT2D eigenvalue weighted by atomic mass is 16.3. The van der Waals surface area contributed by atoms with E-state index in [1.165, 1.54) is 0 Å². The van der Waals surface area contributed by atoms with Gasteiger partial charge in [0.15, 0.2) is 0 Å². The summed E-state index contributed by atoms with van der Waals surface area (Å²) in [5.41, 5.74) is 1.27. The minimum atomic E-state index is -0.0942. The number of nitrogens with one attached hydrogen (secondary N) is 1. The van der Waals surface area contributed by atoms with Gasteiger partial charge in [-0.15, -0.1) is 0 Å². The van der Waals surface area contributed by atoms with Crippen LogP contribution in [-0.2, 0) is 0 Å². The second kappa shape index (κ2) is 6.07. The molecule has 0 aromatic carbocycles. The van der Waals surface area contributed by atoms with E-state index in [0.29, 0.717) is 24.3 Å². The number of carbonyl (C=O) groups is 1. The second-order valence-electron chi connectivity index (χ2n) is 3.28. The van der Waals surface area contributed by atoms with Crippen LogP contribution in [0.4, 0.5) is 5.69 Å². The van der Waals surface area contributed by atoms with Crippen molar-refractivity contribution in [2.75, 3.05) is 32.1 Å². The molecule has 0 atom stereocenters. The van der Waals surface area contributed by atoms with Crippen LogP contribution in [0.25, 0.3) is 0 Å². The Bertz CT molecular complexity index is 355. The Hall–Kier alpha value is -1.62. The lowest BCUT2D eigenvalue weighted by Gasteiger charge is -2.20. The van der Waals surface area contributed by atoms with Crippen molar-refractivity contribution in [3.05, 3.63) is 24.0 Å². The van der Waals surface area contributed by atoms with E-state index in [1.54, 1.807) is 30.4 Å². The third-order valence-electron chi connectivity index (χ3n) is 2.36. The van der Waals surface area contributed by atoms with E-state index in [1.807, 2.05) is 6.92 Å². The van der Waals surface area contributed by atoms with E-state index < -0.39 is 0 Å². The average molecular weight is 223 g/mol. The van der Waals surface area contributed by atoms with Gasteiger partial charge in [-0.3, -0.25) is 9.78 Å². The van der Waals surface area contributed by atoms with Crippen molar-refractivity contribution in [2.45, 2.75) is 6.92 Å². The SMILES string of the molecule is CCN(CCO)C(=O)c1ccncc1NC. The van der Waals surface area contributed by atoms with E-state index in [2.05, 4.69) is 10.3 Å². The van der Waals surface area contributed by atoms with Crippen molar-refractivity contribution in [3.63, 3.8) is 0 Å². The van der Waals surface area contributed by atoms with Gasteiger partial charge in [-0.1, -0.05) is 0 Å². The van der Waals surface area contributed by atoms with E-state index in [0.717, 1.165) is 0 Å². The fourth-order valence-corrected chi connectivity index (χ4v) is 1.47. The Labute approximate surface area is 95.1 Å². The summed E-state index contributed by atoms with van der Waals surface area (Å²) in [6.45, 7) is 2.78. The number of anilines is 1. The van der Waals surface area contributed by atoms with Crippen LogP contribution in [0.2, 0.25) is 0 Å². The predicted molar refractivity (Wildman–Crippen MR) is 62.4 cm³/mol. The minimum Gasteiger partial charge on any atom is -0.395 e. The van der Waals surface area contributed by atoms with Crippen LogP contribution in [-0.4, -0.2) is 47.6 Å². The average Bonchev–Trinajstić information content (AvgIpc) is 2.35. The standard InChI is InChI=1S/C11H17N3O2/c1-3-14(6-7-15)11(16)9-4-5-13-8-10(9)12-2/h4-5,8,12,15H,3,6-7H2,1-2H3. The maximum Gasteiger partial charge on any atom is 0.256 e. The molecule has 5 nitrogen and oxygen atoms in total. The van der Waals surface area contributed by atoms with E-state index in [9.17, 15) is 4.79 Å². The zero-order chi connectivity index (χ0) is 12.0. The summed E-state index contributed by atoms with van der Waals surface area (Å²) in [6, 6.07) is 1.67. The van der Waals surface area contributed by atoms with E-state index >= 15 is 0 Å². The summed E-state index contributed by atoms with van der Waals surface area (Å²) in [4.78, 5) is 17.6. The molecule has 16 heavy (non-hydrogen) atoms. The molecule has 2 N–H and O–H groups in total. The molecule has 0 unspecified atom stereocenters. The van der Waals surface area contributed by atoms with Gasteiger partial charge in [0, 0.05) is 26.3 Å². The summed E-state index contributed by atoms with van der Waals surface area (Å²) in [6.07, 6.45) is 3.20. The van der Waals surface area contributed by atoms with Gasteiger partial charge in [0.1, 0.15) is 0 Å². The number of hydrogen-bond donors (Lipinski definition) is 2. The minimum absolute atomic E-state index is 0.0282. The van der Waals surface area contributed by atoms with Crippen LogP contribution < -0.4 is 5.32 Å². The third kappa shape index (κ3) is 2.70. The quantitative estimate of drug-likeness (QED) is 0.766. The number of aromatic nitrogens is 1. The Morgan fingerprint density at radius 1 is 1.62 bits per heavy atom. The lowest BCUT2D eigenvalue weighted by molar-refractivity contribution is 0.0733. The zero-order valence-corrected chi connectivity index (χ0v) is 9.60. The molecule has 1 aromatic heterocycles. The van der Waals surface area contributed by atoms with E-state index in [-0.39, 0.29) is 12.5 Å². The first-order valence-electron chi connectivity index (χ1n) is 5.26. The lowest BCUT2D eigenvalue weighted by atomic mass is 10.2. The Kier molecular flexibility index (Phi) is 4.72. The lowest BCUT2D eigenvalue weighted by Crippen LogP contribution is -2.33. The number of carbonyl (C=O) groups excluding carboxylic acids is 1. The van der Waals surface area contributed by atoms with Gasteiger partial charge in [-0.2, -0.15) is 0 Å². The van der Waals surface area contributed by atoms with Crippen LogP contribution >= 0.6 is 0 Å². The Balaban J connectivity index is 2.93. The number of amides is 1. The molecule has 0 radical (unpaired) electrons. The largest absolute Gasteiger partial charge is 0.395 e. The molecule has 1 aromatic rings. The topological polar surface area (TPSA) is 65.5 Å². The second-order valence-corrected chi connectivity index (χ2v) is 3.28. The van der Waals surface area contributed by atoms with Crippen molar-refractivity contribution >= 4 is 11.6 Å². The van der Waals surface area contributed by atoms with Crippen LogP contribution in [0.1, 0.15) is 17.3 Å². The van der Waals surface area contributed by atoms with Crippen molar-refractivity contribution in [1.29, 1.82) is 0 Å². The number of aliphatic hydroxyl groups excluding tert-OH is 1. The van der Waals surface area contributed by atoms with Gasteiger partial charge in [-0.25, -0.2) is 0 Å². The molecule has 0 saturated carbocycles. The molecule has 88 valence electrons. The molecular weight excluding hydrogens is 206 g/mol. The van der Waals surface area contributed by atoms with Gasteiger partial charge in [-0.05, 0) is 13.0 Å². The highest BCUT2D eigenvalue weighted by Gasteiger charge is 2.16. The third-order valence-corrected chi connectivity index (χ3v) is 2.36. The van der Waals surface area contributed by atoms with Gasteiger partial charge >= 0.3 is 0 Å². The highest BCUT2D eigenvalue weighted by molar-refractivity contribution is 5.99. The molecule has 0 bridgehead atoms. The first-order chi connectivity index (χ1) is 7.74. The number of pyridine rings is 1. The normalized spacial score (nSPS) is 9.94. The number of rotatable bonds is 5. The summed E-state index contributed by atoms with van der Waals surface area (Å²) >= 11 is 0. The number of likely N-dealkylation sites (N-methyl/N-ethyl adjacent to an activating group) is 1. The number of aliphatic hydroxyl groups is 1. The van der Waals surface area contributed by atoms with Gasteiger partial charge in [0.2, 0.25) is 0 Å². The number of hydrogen-bond acceptors (Lipinski definition) is 4. The molecule has 0 aliphatic rings. The molecule has 0 fully saturated rings. The van der Waals surface area contributed by atoms with Crippen molar-refractivity contribution in [3.8, 4) is 0 Å².